The first kappa shape index (κ1) is 18.1. The summed E-state index contributed by atoms with van der Waals surface area (Å²) >= 11 is 0. The lowest BCUT2D eigenvalue weighted by Crippen LogP contribution is -2.60. The van der Waals surface area contributed by atoms with Gasteiger partial charge in [-0.1, -0.05) is 13.8 Å². The third-order valence-electron chi connectivity index (χ3n) is 2.41. The van der Waals surface area contributed by atoms with Crippen LogP contribution in [-0.2, 0) is 18.9 Å². The SMILES string of the molecule is CC(C)[C@H](N)C(=O)C(N)(C(=O)OC(C)(C)C)[P+](=O)O. The summed E-state index contributed by atoms with van der Waals surface area (Å²) < 4.78 is 16.3. The molecule has 0 saturated carbocycles. The highest BCUT2D eigenvalue weighted by atomic mass is 31.1. The first-order valence-electron chi connectivity index (χ1n) is 5.82. The number of ketones is 1. The van der Waals surface area contributed by atoms with Crippen molar-refractivity contribution in [1.29, 1.82) is 0 Å². The van der Waals surface area contributed by atoms with Crippen molar-refractivity contribution in [2.24, 2.45) is 17.4 Å². The Balaban J connectivity index is 5.45. The molecule has 0 aromatic carbocycles. The summed E-state index contributed by atoms with van der Waals surface area (Å²) in [5.41, 5.74) is 10.2. The lowest BCUT2D eigenvalue weighted by molar-refractivity contribution is -0.160. The minimum absolute atomic E-state index is 0.326. The van der Waals surface area contributed by atoms with Crippen LogP contribution < -0.4 is 11.5 Å². The molecule has 0 amide bonds. The van der Waals surface area contributed by atoms with Crippen LogP contribution in [0.2, 0.25) is 0 Å². The van der Waals surface area contributed by atoms with E-state index in [4.69, 9.17) is 16.2 Å². The molecule has 0 bridgehead atoms. The van der Waals surface area contributed by atoms with Gasteiger partial charge in [0.25, 0.3) is 0 Å². The van der Waals surface area contributed by atoms with Crippen LogP contribution in [0.5, 0.6) is 0 Å². The molecule has 0 aromatic heterocycles. The molecule has 0 aromatic rings. The molecule has 7 nitrogen and oxygen atoms in total. The van der Waals surface area contributed by atoms with Crippen molar-refractivity contribution in [3.8, 4) is 0 Å². The van der Waals surface area contributed by atoms with E-state index in [1.54, 1.807) is 34.6 Å². The van der Waals surface area contributed by atoms with Gasteiger partial charge in [0, 0.05) is 0 Å². The van der Waals surface area contributed by atoms with E-state index in [0.29, 0.717) is 0 Å². The minimum Gasteiger partial charge on any atom is -0.455 e. The second kappa shape index (κ2) is 6.05. The summed E-state index contributed by atoms with van der Waals surface area (Å²) in [5.74, 6) is -2.57. The molecule has 0 aliphatic heterocycles. The Labute approximate surface area is 113 Å². The molecular formula is C11H22N2O5P+. The fourth-order valence-corrected chi connectivity index (χ4v) is 1.73. The van der Waals surface area contributed by atoms with Crippen LogP contribution in [0.3, 0.4) is 0 Å². The molecule has 3 atom stereocenters. The van der Waals surface area contributed by atoms with E-state index in [1.165, 1.54) is 0 Å². The maximum Gasteiger partial charge on any atom is 0.548 e. The zero-order valence-corrected chi connectivity index (χ0v) is 12.7. The number of rotatable bonds is 5. The average Bonchev–Trinajstić information content (AvgIpc) is 2.22. The molecule has 110 valence electrons. The van der Waals surface area contributed by atoms with E-state index in [2.05, 4.69) is 0 Å². The van der Waals surface area contributed by atoms with Crippen LogP contribution in [0, 0.1) is 5.92 Å². The first-order valence-corrected chi connectivity index (χ1v) is 7.03. The van der Waals surface area contributed by atoms with E-state index in [-0.39, 0.29) is 5.92 Å². The van der Waals surface area contributed by atoms with Gasteiger partial charge >= 0.3 is 19.3 Å². The Morgan fingerprint density at radius 1 is 1.26 bits per heavy atom. The summed E-state index contributed by atoms with van der Waals surface area (Å²) in [7, 11) is -3.31. The number of nitrogens with two attached hydrogens (primary N) is 2. The van der Waals surface area contributed by atoms with Crippen molar-refractivity contribution in [3.05, 3.63) is 0 Å². The zero-order chi connectivity index (χ0) is 15.6. The molecule has 0 aliphatic carbocycles. The minimum atomic E-state index is -3.31. The molecule has 0 rings (SSSR count). The molecule has 0 radical (unpaired) electrons. The lowest BCUT2D eigenvalue weighted by atomic mass is 9.96. The maximum atomic E-state index is 12.1. The average molecular weight is 293 g/mol. The van der Waals surface area contributed by atoms with Gasteiger partial charge in [-0.15, -0.1) is 0 Å². The van der Waals surface area contributed by atoms with Crippen LogP contribution >= 0.6 is 8.03 Å². The van der Waals surface area contributed by atoms with Crippen molar-refractivity contribution in [2.75, 3.05) is 0 Å². The molecule has 0 aliphatic rings. The second-order valence-electron chi connectivity index (χ2n) is 5.68. The van der Waals surface area contributed by atoms with Crippen LogP contribution in [0.1, 0.15) is 34.6 Å². The van der Waals surface area contributed by atoms with Crippen molar-refractivity contribution < 1.29 is 23.8 Å². The van der Waals surface area contributed by atoms with Crippen molar-refractivity contribution in [1.82, 2.24) is 0 Å². The summed E-state index contributed by atoms with van der Waals surface area (Å²) in [6, 6.07) is -1.12. The molecule has 8 heteroatoms. The summed E-state index contributed by atoms with van der Waals surface area (Å²) in [5, 5.41) is -2.63. The molecule has 19 heavy (non-hydrogen) atoms. The second-order valence-corrected chi connectivity index (χ2v) is 6.93. The lowest BCUT2D eigenvalue weighted by Gasteiger charge is -2.25. The Hall–Kier alpha value is -0.880. The highest BCUT2D eigenvalue weighted by Crippen LogP contribution is 2.35. The van der Waals surface area contributed by atoms with Gasteiger partial charge in [-0.2, -0.15) is 4.89 Å². The maximum absolute atomic E-state index is 12.1. The standard InChI is InChI=1S/C11H21N2O5P/c1-6(2)7(12)8(14)11(13,19(16)17)9(15)18-10(3,4)5/h6-7H,12-13H2,1-5H3/p+1/t7-,11?/m0/s1. The highest BCUT2D eigenvalue weighted by molar-refractivity contribution is 7.43. The van der Waals surface area contributed by atoms with Gasteiger partial charge in [0.1, 0.15) is 5.60 Å². The van der Waals surface area contributed by atoms with Gasteiger partial charge in [-0.25, -0.2) is 4.79 Å². The largest absolute Gasteiger partial charge is 0.548 e. The quantitative estimate of drug-likeness (QED) is 0.376. The van der Waals surface area contributed by atoms with E-state index in [1.807, 2.05) is 0 Å². The number of hydrogen-bond donors (Lipinski definition) is 3. The normalized spacial score (nSPS) is 17.6. The third-order valence-corrected chi connectivity index (χ3v) is 3.41. The van der Waals surface area contributed by atoms with Gasteiger partial charge in [0.15, 0.2) is 0 Å². The number of esters is 1. The molecule has 0 spiro atoms. The van der Waals surface area contributed by atoms with Crippen LogP contribution in [-0.4, -0.2) is 33.6 Å². The Bertz CT molecular complexity index is 391. The number of Topliss-reactive ketones (excluding diaryl/α,β-unsaturated/α-hetero) is 1. The summed E-state index contributed by atoms with van der Waals surface area (Å²) in [4.78, 5) is 33.3. The summed E-state index contributed by atoms with van der Waals surface area (Å²) in [6.07, 6.45) is 0. The predicted molar refractivity (Wildman–Crippen MR) is 70.4 cm³/mol. The van der Waals surface area contributed by atoms with Crippen molar-refractivity contribution in [2.45, 2.75) is 51.5 Å². The van der Waals surface area contributed by atoms with Gasteiger partial charge in [0.2, 0.25) is 5.78 Å². The number of ether oxygens (including phenoxy) is 1. The Morgan fingerprint density at radius 3 is 1.95 bits per heavy atom. The molecule has 5 N–H and O–H groups in total. The monoisotopic (exact) mass is 293 g/mol. The van der Waals surface area contributed by atoms with Crippen LogP contribution in [0.15, 0.2) is 0 Å². The smallest absolute Gasteiger partial charge is 0.455 e. The van der Waals surface area contributed by atoms with Gasteiger partial charge in [-0.05, 0) is 31.3 Å². The number of carbonyl (C=O) groups excluding carboxylic acids is 2. The highest BCUT2D eigenvalue weighted by Gasteiger charge is 2.63. The third kappa shape index (κ3) is 4.31. The summed E-state index contributed by atoms with van der Waals surface area (Å²) in [6.45, 7) is 7.96. The molecule has 0 saturated heterocycles. The number of hydrogen-bond acceptors (Lipinski definition) is 6. The fraction of sp³-hybridized carbons (Fsp3) is 0.818. The molecule has 0 heterocycles. The Kier molecular flexibility index (Phi) is 5.77. The van der Waals surface area contributed by atoms with Crippen molar-refractivity contribution >= 4 is 19.8 Å². The predicted octanol–water partition coefficient (Wildman–Crippen LogP) is 0.270. The fourth-order valence-electron chi connectivity index (χ4n) is 1.19. The molecular weight excluding hydrogens is 271 g/mol. The van der Waals surface area contributed by atoms with Crippen LogP contribution in [0.25, 0.3) is 0 Å². The van der Waals surface area contributed by atoms with Crippen LogP contribution in [0.4, 0.5) is 0 Å². The first-order chi connectivity index (χ1) is 8.34. The topological polar surface area (TPSA) is 133 Å². The Morgan fingerprint density at radius 2 is 1.68 bits per heavy atom. The van der Waals surface area contributed by atoms with Gasteiger partial charge < -0.3 is 10.5 Å². The zero-order valence-electron chi connectivity index (χ0n) is 11.8. The van der Waals surface area contributed by atoms with E-state index in [0.717, 1.165) is 0 Å². The number of carbonyl (C=O) groups is 2. The van der Waals surface area contributed by atoms with E-state index >= 15 is 0 Å². The van der Waals surface area contributed by atoms with E-state index in [9.17, 15) is 19.0 Å². The van der Waals surface area contributed by atoms with Crippen molar-refractivity contribution in [3.63, 3.8) is 0 Å². The van der Waals surface area contributed by atoms with E-state index < -0.39 is 36.7 Å². The molecule has 2 unspecified atom stereocenters. The van der Waals surface area contributed by atoms with Gasteiger partial charge in [-0.3, -0.25) is 10.5 Å². The van der Waals surface area contributed by atoms with Gasteiger partial charge in [0.05, 0.1) is 6.04 Å². The molecule has 0 fully saturated rings.